The van der Waals surface area contributed by atoms with Crippen LogP contribution in [-0.4, -0.2) is 19.8 Å². The maximum Gasteiger partial charge on any atom is 0.270 e. The Labute approximate surface area is 117 Å². The molecule has 0 aliphatic carbocycles. The first-order valence-corrected chi connectivity index (χ1v) is 7.11. The van der Waals surface area contributed by atoms with Crippen molar-refractivity contribution in [3.63, 3.8) is 0 Å². The summed E-state index contributed by atoms with van der Waals surface area (Å²) in [6.45, 7) is 2.87. The molecule has 2 heterocycles. The van der Waals surface area contributed by atoms with Crippen molar-refractivity contribution in [1.29, 1.82) is 0 Å². The van der Waals surface area contributed by atoms with Crippen molar-refractivity contribution in [2.45, 2.75) is 38.2 Å². The number of alkyl halides is 2. The van der Waals surface area contributed by atoms with Crippen LogP contribution in [0.3, 0.4) is 0 Å². The summed E-state index contributed by atoms with van der Waals surface area (Å²) in [6, 6.07) is 3.17. The summed E-state index contributed by atoms with van der Waals surface area (Å²) in [5.41, 5.74) is 0.681. The lowest BCUT2D eigenvalue weighted by Gasteiger charge is -2.22. The van der Waals surface area contributed by atoms with Gasteiger partial charge in [0.15, 0.2) is 11.5 Å². The van der Waals surface area contributed by atoms with Crippen LogP contribution >= 0.6 is 0 Å². The Morgan fingerprint density at radius 1 is 1.15 bits per heavy atom. The molecule has 0 saturated carbocycles. The van der Waals surface area contributed by atoms with Gasteiger partial charge in [-0.1, -0.05) is 0 Å². The normalized spacial score (nSPS) is 22.6. The topological polar surface area (TPSA) is 30.5 Å². The molecule has 1 N–H and O–H groups in total. The van der Waals surface area contributed by atoms with E-state index in [1.54, 1.807) is 6.07 Å². The lowest BCUT2D eigenvalue weighted by atomic mass is 9.94. The molecule has 0 spiro atoms. The molecule has 0 radical (unpaired) electrons. The number of nitrogens with one attached hydrogen (secondary N) is 1. The van der Waals surface area contributed by atoms with Crippen LogP contribution in [0.25, 0.3) is 0 Å². The minimum atomic E-state index is -2.88. The first-order chi connectivity index (χ1) is 9.55. The van der Waals surface area contributed by atoms with Crippen LogP contribution < -0.4 is 14.8 Å². The van der Waals surface area contributed by atoms with Crippen molar-refractivity contribution < 1.29 is 18.3 Å². The van der Waals surface area contributed by atoms with Crippen LogP contribution in [0.1, 0.15) is 43.4 Å². The van der Waals surface area contributed by atoms with E-state index in [0.717, 1.165) is 32.7 Å². The Morgan fingerprint density at radius 2 is 1.85 bits per heavy atom. The van der Waals surface area contributed by atoms with Crippen LogP contribution in [0.15, 0.2) is 12.1 Å². The zero-order valence-electron chi connectivity index (χ0n) is 11.5. The zero-order chi connectivity index (χ0) is 14.2. The van der Waals surface area contributed by atoms with Crippen LogP contribution in [-0.2, 0) is 5.92 Å². The Balaban J connectivity index is 2.07. The molecule has 0 amide bonds. The van der Waals surface area contributed by atoms with Crippen LogP contribution in [0, 0.1) is 0 Å². The fourth-order valence-electron chi connectivity index (χ4n) is 2.84. The third kappa shape index (κ3) is 2.59. The predicted octanol–water partition coefficient (Wildman–Crippen LogP) is 3.38. The molecular formula is C15H19F2NO2. The zero-order valence-corrected chi connectivity index (χ0v) is 11.5. The van der Waals surface area contributed by atoms with Gasteiger partial charge in [0.25, 0.3) is 5.92 Å². The second-order valence-electron chi connectivity index (χ2n) is 5.47. The van der Waals surface area contributed by atoms with E-state index >= 15 is 0 Å². The summed E-state index contributed by atoms with van der Waals surface area (Å²) in [5.74, 6) is -1.87. The highest BCUT2D eigenvalue weighted by Gasteiger charge is 2.33. The number of benzene rings is 1. The highest BCUT2D eigenvalue weighted by Crippen LogP contribution is 2.42. The molecule has 0 bridgehead atoms. The molecule has 3 nitrogen and oxygen atoms in total. The summed E-state index contributed by atoms with van der Waals surface area (Å²) in [6.07, 6.45) is 2.65. The van der Waals surface area contributed by atoms with Gasteiger partial charge >= 0.3 is 0 Å². The van der Waals surface area contributed by atoms with Gasteiger partial charge in [-0.2, -0.15) is 0 Å². The number of halogens is 2. The van der Waals surface area contributed by atoms with E-state index in [4.69, 9.17) is 9.47 Å². The molecule has 3 rings (SSSR count). The average Bonchev–Trinajstić information content (AvgIpc) is 2.82. The number of ether oxygens (including phenoxy) is 2. The van der Waals surface area contributed by atoms with E-state index in [-0.39, 0.29) is 11.6 Å². The van der Waals surface area contributed by atoms with Gasteiger partial charge < -0.3 is 14.8 Å². The predicted molar refractivity (Wildman–Crippen MR) is 71.6 cm³/mol. The van der Waals surface area contributed by atoms with Crippen molar-refractivity contribution >= 4 is 0 Å². The second-order valence-corrected chi connectivity index (χ2v) is 5.47. The van der Waals surface area contributed by atoms with E-state index in [1.165, 1.54) is 6.07 Å². The van der Waals surface area contributed by atoms with Gasteiger partial charge in [0.1, 0.15) is 0 Å². The van der Waals surface area contributed by atoms with Gasteiger partial charge in [0, 0.05) is 24.9 Å². The molecular weight excluding hydrogens is 264 g/mol. The Morgan fingerprint density at radius 3 is 2.45 bits per heavy atom. The molecule has 5 heteroatoms. The largest absolute Gasteiger partial charge is 0.490 e. The van der Waals surface area contributed by atoms with E-state index in [2.05, 4.69) is 5.32 Å². The van der Waals surface area contributed by atoms with Crippen molar-refractivity contribution in [1.82, 2.24) is 5.32 Å². The molecule has 1 saturated heterocycles. The summed E-state index contributed by atoms with van der Waals surface area (Å²) in [5, 5.41) is 3.28. The standard InChI is InChI=1S/C15H19F2NO2/c1-15(16,17)11-9-14-13(19-6-3-7-20-14)8-10(11)12-4-2-5-18-12/h8-9,12,18H,2-7H2,1H3. The molecule has 1 unspecified atom stereocenters. The fourth-order valence-corrected chi connectivity index (χ4v) is 2.84. The van der Waals surface area contributed by atoms with Crippen molar-refractivity contribution in [3.8, 4) is 11.5 Å². The van der Waals surface area contributed by atoms with Crippen molar-refractivity contribution in [2.75, 3.05) is 19.8 Å². The van der Waals surface area contributed by atoms with Crippen LogP contribution in [0.4, 0.5) is 8.78 Å². The number of hydrogen-bond acceptors (Lipinski definition) is 3. The molecule has 2 aliphatic rings. The molecule has 1 fully saturated rings. The lowest BCUT2D eigenvalue weighted by Crippen LogP contribution is -2.19. The highest BCUT2D eigenvalue weighted by molar-refractivity contribution is 5.50. The van der Waals surface area contributed by atoms with Crippen LogP contribution in [0.5, 0.6) is 11.5 Å². The first kappa shape index (κ1) is 13.6. The van der Waals surface area contributed by atoms with Gasteiger partial charge in [-0.3, -0.25) is 0 Å². The van der Waals surface area contributed by atoms with Gasteiger partial charge in [-0.15, -0.1) is 0 Å². The summed E-state index contributed by atoms with van der Waals surface area (Å²) in [7, 11) is 0. The Bertz CT molecular complexity index is 493. The van der Waals surface area contributed by atoms with E-state index < -0.39 is 5.92 Å². The lowest BCUT2D eigenvalue weighted by molar-refractivity contribution is 0.0158. The van der Waals surface area contributed by atoms with Crippen molar-refractivity contribution in [2.24, 2.45) is 0 Å². The molecule has 1 aromatic carbocycles. The fraction of sp³-hybridized carbons (Fsp3) is 0.600. The van der Waals surface area contributed by atoms with Crippen LogP contribution in [0.2, 0.25) is 0 Å². The van der Waals surface area contributed by atoms with E-state index in [1.807, 2.05) is 0 Å². The molecule has 1 aromatic rings. The third-order valence-corrected chi connectivity index (χ3v) is 3.83. The second kappa shape index (κ2) is 5.20. The van der Waals surface area contributed by atoms with Gasteiger partial charge in [-0.25, -0.2) is 8.78 Å². The maximum absolute atomic E-state index is 13.9. The van der Waals surface area contributed by atoms with E-state index in [9.17, 15) is 8.78 Å². The molecule has 110 valence electrons. The number of fused-ring (bicyclic) bond motifs is 1. The maximum atomic E-state index is 13.9. The summed E-state index contributed by atoms with van der Waals surface area (Å²) >= 11 is 0. The molecule has 1 atom stereocenters. The molecule has 0 aromatic heterocycles. The Hall–Kier alpha value is -1.36. The smallest absolute Gasteiger partial charge is 0.270 e. The molecule has 2 aliphatic heterocycles. The minimum Gasteiger partial charge on any atom is -0.490 e. The summed E-state index contributed by atoms with van der Waals surface area (Å²) < 4.78 is 39.0. The molecule has 20 heavy (non-hydrogen) atoms. The Kier molecular flexibility index (Phi) is 3.54. The highest BCUT2D eigenvalue weighted by atomic mass is 19.3. The van der Waals surface area contributed by atoms with Gasteiger partial charge in [-0.05, 0) is 37.1 Å². The number of rotatable bonds is 2. The van der Waals surface area contributed by atoms with Gasteiger partial charge in [0.05, 0.1) is 13.2 Å². The van der Waals surface area contributed by atoms with E-state index in [0.29, 0.717) is 30.3 Å². The quantitative estimate of drug-likeness (QED) is 0.902. The number of hydrogen-bond donors (Lipinski definition) is 1. The summed E-state index contributed by atoms with van der Waals surface area (Å²) in [4.78, 5) is 0. The first-order valence-electron chi connectivity index (χ1n) is 7.11. The third-order valence-electron chi connectivity index (χ3n) is 3.83. The van der Waals surface area contributed by atoms with Gasteiger partial charge in [0.2, 0.25) is 0 Å². The monoisotopic (exact) mass is 283 g/mol. The van der Waals surface area contributed by atoms with Crippen molar-refractivity contribution in [3.05, 3.63) is 23.3 Å². The minimum absolute atomic E-state index is 0.0204. The average molecular weight is 283 g/mol. The SMILES string of the molecule is CC(F)(F)c1cc2c(cc1C1CCCN1)OCCCO2.